The van der Waals surface area contributed by atoms with E-state index in [0.717, 1.165) is 18.7 Å². The van der Waals surface area contributed by atoms with Crippen molar-refractivity contribution >= 4 is 0 Å². The van der Waals surface area contributed by atoms with E-state index in [1.807, 2.05) is 54.6 Å². The summed E-state index contributed by atoms with van der Waals surface area (Å²) in [6, 6.07) is 23.0. The van der Waals surface area contributed by atoms with Crippen LogP contribution in [0.5, 0.6) is 0 Å². The molecule has 1 fully saturated rings. The third-order valence-electron chi connectivity index (χ3n) is 3.39. The fourth-order valence-corrected chi connectivity index (χ4v) is 2.29. The van der Waals surface area contributed by atoms with E-state index in [0.29, 0.717) is 0 Å². The molecule has 1 heterocycles. The second-order valence-electron chi connectivity index (χ2n) is 4.88. The number of hydrogen-bond donors (Lipinski definition) is 1. The Kier molecular flexibility index (Phi) is 6.28. The number of likely N-dealkylation sites (tertiary alicyclic amines) is 1. The van der Waals surface area contributed by atoms with E-state index in [1.54, 1.807) is 0 Å². The lowest BCUT2D eigenvalue weighted by Crippen LogP contribution is -2.33. The first-order valence-electron chi connectivity index (χ1n) is 7.17. The Morgan fingerprint density at radius 3 is 1.95 bits per heavy atom. The molecule has 2 radical (unpaired) electrons. The minimum atomic E-state index is -0.426. The summed E-state index contributed by atoms with van der Waals surface area (Å²) in [7, 11) is 0. The molecule has 0 aromatic heterocycles. The highest BCUT2D eigenvalue weighted by molar-refractivity contribution is 5.16. The molecule has 3 rings (SSSR count). The minimum Gasteiger partial charge on any atom is -0.374 e. The highest BCUT2D eigenvalue weighted by atomic mass is 16.3. The van der Waals surface area contributed by atoms with Crippen LogP contribution in [0.2, 0.25) is 0 Å². The molecule has 1 aliphatic rings. The Bertz CT molecular complexity index is 425. The van der Waals surface area contributed by atoms with Crippen molar-refractivity contribution in [2.24, 2.45) is 0 Å². The number of aliphatic hydroxyl groups is 1. The molecule has 104 valence electrons. The van der Waals surface area contributed by atoms with Crippen LogP contribution in [0.15, 0.2) is 54.6 Å². The molecule has 1 unspecified atom stereocenters. The molecule has 2 aromatic carbocycles. The fourth-order valence-electron chi connectivity index (χ4n) is 2.29. The highest BCUT2D eigenvalue weighted by Crippen LogP contribution is 2.21. The van der Waals surface area contributed by atoms with Crippen LogP contribution in [-0.4, -0.2) is 23.1 Å². The third kappa shape index (κ3) is 4.80. The molecular formula is C18H21NO. The lowest BCUT2D eigenvalue weighted by Gasteiger charge is -2.31. The topological polar surface area (TPSA) is 23.5 Å². The molecule has 0 saturated carbocycles. The Labute approximate surface area is 121 Å². The van der Waals surface area contributed by atoms with Crippen molar-refractivity contribution in [3.63, 3.8) is 0 Å². The van der Waals surface area contributed by atoms with Crippen molar-refractivity contribution in [3.05, 3.63) is 72.3 Å². The van der Waals surface area contributed by atoms with Gasteiger partial charge in [-0.1, -0.05) is 61.0 Å². The Morgan fingerprint density at radius 2 is 1.45 bits per heavy atom. The quantitative estimate of drug-likeness (QED) is 0.901. The van der Waals surface area contributed by atoms with Crippen molar-refractivity contribution in [2.75, 3.05) is 13.1 Å². The normalized spacial score (nSPS) is 16.9. The van der Waals surface area contributed by atoms with Gasteiger partial charge in [0.2, 0.25) is 0 Å². The first kappa shape index (κ1) is 14.8. The van der Waals surface area contributed by atoms with Crippen molar-refractivity contribution < 1.29 is 5.11 Å². The van der Waals surface area contributed by atoms with Gasteiger partial charge < -0.3 is 5.11 Å². The van der Waals surface area contributed by atoms with Crippen molar-refractivity contribution in [1.29, 1.82) is 0 Å². The van der Waals surface area contributed by atoms with Crippen LogP contribution < -0.4 is 0 Å². The van der Waals surface area contributed by atoms with E-state index in [4.69, 9.17) is 0 Å². The molecule has 1 aliphatic heterocycles. The molecule has 2 heteroatoms. The van der Waals surface area contributed by atoms with Gasteiger partial charge in [0.25, 0.3) is 0 Å². The number of aliphatic hydroxyl groups excluding tert-OH is 1. The molecule has 0 aliphatic carbocycles. The van der Waals surface area contributed by atoms with Crippen LogP contribution in [0.25, 0.3) is 0 Å². The van der Waals surface area contributed by atoms with Gasteiger partial charge in [0, 0.05) is 13.1 Å². The molecule has 1 saturated heterocycles. The van der Waals surface area contributed by atoms with Crippen LogP contribution in [0.3, 0.4) is 0 Å². The van der Waals surface area contributed by atoms with Crippen molar-refractivity contribution in [2.45, 2.75) is 25.5 Å². The number of rotatable bonds is 2. The summed E-state index contributed by atoms with van der Waals surface area (Å²) in [6.07, 6.45) is 3.28. The zero-order valence-corrected chi connectivity index (χ0v) is 11.7. The Balaban J connectivity index is 0.000000205. The van der Waals surface area contributed by atoms with Crippen LogP contribution in [0, 0.1) is 12.1 Å². The van der Waals surface area contributed by atoms with Crippen LogP contribution in [0.4, 0.5) is 0 Å². The van der Waals surface area contributed by atoms with Gasteiger partial charge in [0.15, 0.2) is 0 Å². The van der Waals surface area contributed by atoms with Gasteiger partial charge in [-0.2, -0.15) is 0 Å². The van der Waals surface area contributed by atoms with Gasteiger partial charge >= 0.3 is 0 Å². The Hall–Kier alpha value is -1.64. The van der Waals surface area contributed by atoms with Gasteiger partial charge in [-0.25, -0.2) is 0 Å². The Morgan fingerprint density at radius 1 is 0.850 bits per heavy atom. The first-order valence-corrected chi connectivity index (χ1v) is 7.17. The fraction of sp³-hybridized carbons (Fsp3) is 0.333. The molecule has 1 atom stereocenters. The summed E-state index contributed by atoms with van der Waals surface area (Å²) in [4.78, 5) is 2.14. The second kappa shape index (κ2) is 8.51. The zero-order valence-electron chi connectivity index (χ0n) is 11.7. The van der Waals surface area contributed by atoms with E-state index < -0.39 is 6.23 Å². The predicted octanol–water partition coefficient (Wildman–Crippen LogP) is 3.45. The first-order chi connectivity index (χ1) is 9.88. The second-order valence-corrected chi connectivity index (χ2v) is 4.88. The third-order valence-corrected chi connectivity index (χ3v) is 3.39. The molecule has 0 bridgehead atoms. The van der Waals surface area contributed by atoms with Crippen LogP contribution >= 0.6 is 0 Å². The average molecular weight is 267 g/mol. The zero-order chi connectivity index (χ0) is 14.0. The van der Waals surface area contributed by atoms with E-state index in [2.05, 4.69) is 17.0 Å². The summed E-state index contributed by atoms with van der Waals surface area (Å²) < 4.78 is 0. The van der Waals surface area contributed by atoms with Crippen LogP contribution in [-0.2, 0) is 0 Å². The van der Waals surface area contributed by atoms with E-state index in [9.17, 15) is 5.11 Å². The highest BCUT2D eigenvalue weighted by Gasteiger charge is 2.18. The van der Waals surface area contributed by atoms with Gasteiger partial charge in [-0.05, 0) is 30.5 Å². The smallest absolute Gasteiger partial charge is 0.133 e. The SMILES string of the molecule is OC(c1cc[c]cc1)N1CCCCC1.[c]1ccccc1. The summed E-state index contributed by atoms with van der Waals surface area (Å²) in [6.45, 7) is 2.03. The largest absolute Gasteiger partial charge is 0.374 e. The number of piperidine rings is 1. The van der Waals surface area contributed by atoms with Crippen molar-refractivity contribution in [1.82, 2.24) is 4.90 Å². The van der Waals surface area contributed by atoms with Gasteiger partial charge in [-0.3, -0.25) is 4.90 Å². The maximum Gasteiger partial charge on any atom is 0.133 e. The standard InChI is InChI=1S/C12H16NO.C6H5/c14-12(11-7-3-1-4-8-11)13-9-5-2-6-10-13;1-2-4-6-5-3-1/h3-4,7-8,12,14H,2,5-6,9-10H2;1-5H. The maximum atomic E-state index is 10.1. The minimum absolute atomic E-state index is 0.426. The number of hydrogen-bond acceptors (Lipinski definition) is 2. The summed E-state index contributed by atoms with van der Waals surface area (Å²) >= 11 is 0. The van der Waals surface area contributed by atoms with Gasteiger partial charge in [0.05, 0.1) is 0 Å². The maximum absolute atomic E-state index is 10.1. The molecule has 0 amide bonds. The van der Waals surface area contributed by atoms with Gasteiger partial charge in [0.1, 0.15) is 6.23 Å². The van der Waals surface area contributed by atoms with Crippen LogP contribution in [0.1, 0.15) is 31.1 Å². The monoisotopic (exact) mass is 267 g/mol. The lowest BCUT2D eigenvalue weighted by molar-refractivity contribution is -0.00982. The van der Waals surface area contributed by atoms with E-state index in [-0.39, 0.29) is 0 Å². The molecule has 20 heavy (non-hydrogen) atoms. The van der Waals surface area contributed by atoms with E-state index >= 15 is 0 Å². The molecule has 2 aromatic rings. The van der Waals surface area contributed by atoms with Crippen molar-refractivity contribution in [3.8, 4) is 0 Å². The van der Waals surface area contributed by atoms with E-state index in [1.165, 1.54) is 19.3 Å². The van der Waals surface area contributed by atoms with Gasteiger partial charge in [-0.15, -0.1) is 0 Å². The summed E-state index contributed by atoms with van der Waals surface area (Å²) in [5.74, 6) is 0. The summed E-state index contributed by atoms with van der Waals surface area (Å²) in [5.41, 5.74) is 0.977. The molecule has 0 spiro atoms. The summed E-state index contributed by atoms with van der Waals surface area (Å²) in [5, 5.41) is 10.1. The number of benzene rings is 2. The lowest BCUT2D eigenvalue weighted by atomic mass is 10.1. The predicted molar refractivity (Wildman–Crippen MR) is 80.9 cm³/mol. The molecular weight excluding hydrogens is 246 g/mol. The number of nitrogens with zero attached hydrogens (tertiary/aromatic N) is 1. The average Bonchev–Trinajstić information content (AvgIpc) is 2.58. The molecule has 2 nitrogen and oxygen atoms in total. The molecule has 1 N–H and O–H groups in total.